The molecule has 3 rings (SSSR count). The standard InChI is InChI=1S/C14H15N3/c15-8-13-14(6-3-7-16-13)17-9-11-4-1-2-5-12(11)10-17/h1-7H,8-10,15H2. The zero-order valence-electron chi connectivity index (χ0n) is 9.63. The summed E-state index contributed by atoms with van der Waals surface area (Å²) in [5.41, 5.74) is 10.7. The van der Waals surface area contributed by atoms with Gasteiger partial charge in [-0.2, -0.15) is 0 Å². The van der Waals surface area contributed by atoms with Crippen molar-refractivity contribution < 1.29 is 0 Å². The fourth-order valence-electron chi connectivity index (χ4n) is 2.38. The van der Waals surface area contributed by atoms with Crippen LogP contribution in [0, 0.1) is 0 Å². The fourth-order valence-corrected chi connectivity index (χ4v) is 2.38. The number of hydrogen-bond acceptors (Lipinski definition) is 3. The van der Waals surface area contributed by atoms with Gasteiger partial charge in [0.1, 0.15) is 0 Å². The molecule has 0 radical (unpaired) electrons. The lowest BCUT2D eigenvalue weighted by Crippen LogP contribution is -2.18. The first kappa shape index (κ1) is 10.3. The molecular formula is C14H15N3. The third-order valence-electron chi connectivity index (χ3n) is 3.24. The third-order valence-corrected chi connectivity index (χ3v) is 3.24. The molecule has 3 heteroatoms. The molecule has 0 atom stereocenters. The molecule has 1 aliphatic rings. The number of pyridine rings is 1. The van der Waals surface area contributed by atoms with E-state index in [9.17, 15) is 0 Å². The van der Waals surface area contributed by atoms with Crippen molar-refractivity contribution in [2.45, 2.75) is 19.6 Å². The van der Waals surface area contributed by atoms with Gasteiger partial charge in [0.2, 0.25) is 0 Å². The van der Waals surface area contributed by atoms with E-state index in [1.807, 2.05) is 6.07 Å². The normalized spacial score (nSPS) is 13.8. The van der Waals surface area contributed by atoms with Crippen LogP contribution in [0.3, 0.4) is 0 Å². The molecule has 1 aliphatic heterocycles. The van der Waals surface area contributed by atoms with Gasteiger partial charge in [-0.25, -0.2) is 0 Å². The molecule has 1 aromatic carbocycles. The molecule has 2 N–H and O–H groups in total. The van der Waals surface area contributed by atoms with Gasteiger partial charge < -0.3 is 10.6 Å². The molecule has 0 spiro atoms. The van der Waals surface area contributed by atoms with Crippen LogP contribution in [0.4, 0.5) is 5.69 Å². The van der Waals surface area contributed by atoms with Gasteiger partial charge >= 0.3 is 0 Å². The van der Waals surface area contributed by atoms with Crippen LogP contribution < -0.4 is 10.6 Å². The van der Waals surface area contributed by atoms with Gasteiger partial charge in [-0.05, 0) is 23.3 Å². The maximum absolute atomic E-state index is 5.73. The van der Waals surface area contributed by atoms with Crippen LogP contribution in [-0.2, 0) is 19.6 Å². The molecule has 17 heavy (non-hydrogen) atoms. The number of aromatic nitrogens is 1. The van der Waals surface area contributed by atoms with E-state index < -0.39 is 0 Å². The predicted octanol–water partition coefficient (Wildman–Crippen LogP) is 2.06. The Morgan fingerprint density at radius 2 is 1.76 bits per heavy atom. The van der Waals surface area contributed by atoms with Gasteiger partial charge in [0, 0.05) is 25.8 Å². The Morgan fingerprint density at radius 3 is 2.41 bits per heavy atom. The van der Waals surface area contributed by atoms with Crippen molar-refractivity contribution in [3.63, 3.8) is 0 Å². The Bertz CT molecular complexity index is 511. The minimum atomic E-state index is 0.489. The second-order valence-corrected chi connectivity index (χ2v) is 4.30. The number of fused-ring (bicyclic) bond motifs is 1. The molecule has 0 saturated heterocycles. The van der Waals surface area contributed by atoms with Crippen LogP contribution in [0.15, 0.2) is 42.6 Å². The lowest BCUT2D eigenvalue weighted by Gasteiger charge is -2.19. The summed E-state index contributed by atoms with van der Waals surface area (Å²) < 4.78 is 0. The number of nitrogens with two attached hydrogens (primary N) is 1. The maximum Gasteiger partial charge on any atom is 0.0772 e. The van der Waals surface area contributed by atoms with Gasteiger partial charge in [-0.1, -0.05) is 24.3 Å². The second-order valence-electron chi connectivity index (χ2n) is 4.30. The molecule has 2 aromatic rings. The van der Waals surface area contributed by atoms with E-state index in [-0.39, 0.29) is 0 Å². The summed E-state index contributed by atoms with van der Waals surface area (Å²) in [4.78, 5) is 6.67. The quantitative estimate of drug-likeness (QED) is 0.850. The largest absolute Gasteiger partial charge is 0.361 e. The van der Waals surface area contributed by atoms with Gasteiger partial charge in [0.05, 0.1) is 11.4 Å². The first-order chi connectivity index (χ1) is 8.38. The van der Waals surface area contributed by atoms with Crippen molar-refractivity contribution in [1.82, 2.24) is 4.98 Å². The van der Waals surface area contributed by atoms with Crippen LogP contribution in [0.2, 0.25) is 0 Å². The predicted molar refractivity (Wildman–Crippen MR) is 68.5 cm³/mol. The highest BCUT2D eigenvalue weighted by molar-refractivity contribution is 5.54. The van der Waals surface area contributed by atoms with Crippen LogP contribution in [0.5, 0.6) is 0 Å². The average Bonchev–Trinajstić information content (AvgIpc) is 2.82. The van der Waals surface area contributed by atoms with Crippen molar-refractivity contribution >= 4 is 5.69 Å². The van der Waals surface area contributed by atoms with Crippen LogP contribution >= 0.6 is 0 Å². The first-order valence-corrected chi connectivity index (χ1v) is 5.84. The molecular weight excluding hydrogens is 210 g/mol. The van der Waals surface area contributed by atoms with Crippen molar-refractivity contribution in [2.24, 2.45) is 5.73 Å². The molecule has 2 heterocycles. The topological polar surface area (TPSA) is 42.1 Å². The Balaban J connectivity index is 1.94. The number of nitrogens with zero attached hydrogens (tertiary/aromatic N) is 2. The SMILES string of the molecule is NCc1ncccc1N1Cc2ccccc2C1. The number of benzene rings is 1. The van der Waals surface area contributed by atoms with Gasteiger partial charge in [0.15, 0.2) is 0 Å². The fraction of sp³-hybridized carbons (Fsp3) is 0.214. The molecule has 3 nitrogen and oxygen atoms in total. The van der Waals surface area contributed by atoms with E-state index in [1.165, 1.54) is 11.1 Å². The Hall–Kier alpha value is -1.87. The highest BCUT2D eigenvalue weighted by Crippen LogP contribution is 2.29. The number of anilines is 1. The van der Waals surface area contributed by atoms with Gasteiger partial charge in [-0.3, -0.25) is 4.98 Å². The lowest BCUT2D eigenvalue weighted by atomic mass is 10.1. The van der Waals surface area contributed by atoms with E-state index in [2.05, 4.69) is 40.2 Å². The van der Waals surface area contributed by atoms with Crippen LogP contribution in [-0.4, -0.2) is 4.98 Å². The molecule has 86 valence electrons. The lowest BCUT2D eigenvalue weighted by molar-refractivity contribution is 0.850. The average molecular weight is 225 g/mol. The summed E-state index contributed by atoms with van der Waals surface area (Å²) in [6.45, 7) is 2.40. The minimum absolute atomic E-state index is 0.489. The zero-order valence-corrected chi connectivity index (χ0v) is 9.63. The maximum atomic E-state index is 5.73. The van der Waals surface area contributed by atoms with Crippen LogP contribution in [0.1, 0.15) is 16.8 Å². The van der Waals surface area contributed by atoms with Gasteiger partial charge in [0.25, 0.3) is 0 Å². The van der Waals surface area contributed by atoms with Crippen LogP contribution in [0.25, 0.3) is 0 Å². The Labute approximate surface area is 101 Å². The monoisotopic (exact) mass is 225 g/mol. The summed E-state index contributed by atoms with van der Waals surface area (Å²) in [6, 6.07) is 12.6. The first-order valence-electron chi connectivity index (χ1n) is 5.84. The zero-order chi connectivity index (χ0) is 11.7. The molecule has 1 aromatic heterocycles. The molecule has 0 fully saturated rings. The molecule has 0 saturated carbocycles. The molecule has 0 aliphatic carbocycles. The highest BCUT2D eigenvalue weighted by Gasteiger charge is 2.20. The number of hydrogen-bond donors (Lipinski definition) is 1. The highest BCUT2D eigenvalue weighted by atomic mass is 15.2. The van der Waals surface area contributed by atoms with Crippen molar-refractivity contribution in [1.29, 1.82) is 0 Å². The summed E-state index contributed by atoms with van der Waals surface area (Å²) >= 11 is 0. The second kappa shape index (κ2) is 4.18. The minimum Gasteiger partial charge on any atom is -0.361 e. The summed E-state index contributed by atoms with van der Waals surface area (Å²) in [7, 11) is 0. The molecule has 0 amide bonds. The van der Waals surface area contributed by atoms with E-state index >= 15 is 0 Å². The summed E-state index contributed by atoms with van der Waals surface area (Å²) in [5.74, 6) is 0. The molecule has 0 bridgehead atoms. The summed E-state index contributed by atoms with van der Waals surface area (Å²) in [5, 5.41) is 0. The van der Waals surface area contributed by atoms with Gasteiger partial charge in [-0.15, -0.1) is 0 Å². The van der Waals surface area contributed by atoms with E-state index in [1.54, 1.807) is 6.20 Å². The van der Waals surface area contributed by atoms with E-state index in [0.29, 0.717) is 6.54 Å². The Morgan fingerprint density at radius 1 is 1.06 bits per heavy atom. The van der Waals surface area contributed by atoms with Crippen molar-refractivity contribution in [3.8, 4) is 0 Å². The number of rotatable bonds is 2. The van der Waals surface area contributed by atoms with Crippen molar-refractivity contribution in [2.75, 3.05) is 4.90 Å². The van der Waals surface area contributed by atoms with Crippen molar-refractivity contribution in [3.05, 3.63) is 59.4 Å². The summed E-state index contributed by atoms with van der Waals surface area (Å²) in [6.07, 6.45) is 1.80. The molecule has 0 unspecified atom stereocenters. The Kier molecular flexibility index (Phi) is 2.53. The third kappa shape index (κ3) is 1.78. The smallest absolute Gasteiger partial charge is 0.0772 e. The van der Waals surface area contributed by atoms with E-state index in [0.717, 1.165) is 24.5 Å². The van der Waals surface area contributed by atoms with E-state index in [4.69, 9.17) is 5.73 Å².